The van der Waals surface area contributed by atoms with Crippen LogP contribution in [-0.4, -0.2) is 63.8 Å². The van der Waals surface area contributed by atoms with Crippen LogP contribution < -0.4 is 5.32 Å². The summed E-state index contributed by atoms with van der Waals surface area (Å²) in [6.07, 6.45) is 6.81. The Balaban J connectivity index is 0.000000346. The molecule has 0 aromatic rings. The molecule has 6 heteroatoms. The van der Waals surface area contributed by atoms with Crippen molar-refractivity contribution in [3.63, 3.8) is 0 Å². The molecule has 1 fully saturated rings. The molecule has 0 aliphatic carbocycles. The van der Waals surface area contributed by atoms with Gasteiger partial charge in [-0.25, -0.2) is 0 Å². The third kappa shape index (κ3) is 7.75. The average molecular weight is 313 g/mol. The van der Waals surface area contributed by atoms with Crippen molar-refractivity contribution in [2.24, 2.45) is 10.9 Å². The first-order valence-electron chi connectivity index (χ1n) is 8.21. The van der Waals surface area contributed by atoms with Crippen molar-refractivity contribution >= 4 is 12.2 Å². The van der Waals surface area contributed by atoms with E-state index in [4.69, 9.17) is 0 Å². The second-order valence-corrected chi connectivity index (χ2v) is 5.77. The van der Waals surface area contributed by atoms with E-state index in [-0.39, 0.29) is 6.29 Å². The fourth-order valence-electron chi connectivity index (χ4n) is 2.63. The highest BCUT2D eigenvalue weighted by molar-refractivity contribution is 5.83. The van der Waals surface area contributed by atoms with Crippen LogP contribution in [0.3, 0.4) is 0 Å². The van der Waals surface area contributed by atoms with Crippen LogP contribution in [0.5, 0.6) is 0 Å². The molecule has 1 atom stereocenters. The molecule has 2 aliphatic rings. The van der Waals surface area contributed by atoms with Crippen molar-refractivity contribution < 1.29 is 14.3 Å². The van der Waals surface area contributed by atoms with Gasteiger partial charge in [0.25, 0.3) is 0 Å². The van der Waals surface area contributed by atoms with Gasteiger partial charge in [0.2, 0.25) is 6.41 Å². The zero-order valence-corrected chi connectivity index (χ0v) is 14.2. The van der Waals surface area contributed by atoms with Crippen LogP contribution in [0.15, 0.2) is 4.99 Å². The van der Waals surface area contributed by atoms with E-state index in [1.165, 1.54) is 18.7 Å². The highest BCUT2D eigenvalue weighted by atomic mass is 16.7. The van der Waals surface area contributed by atoms with E-state index in [1.54, 1.807) is 14.2 Å². The number of likely N-dealkylation sites (tertiary alicyclic amines) is 1. The number of amidine groups is 1. The van der Waals surface area contributed by atoms with E-state index in [9.17, 15) is 4.79 Å². The van der Waals surface area contributed by atoms with Crippen LogP contribution in [0.25, 0.3) is 0 Å². The molecule has 1 saturated heterocycles. The number of hydrogen-bond donors (Lipinski definition) is 1. The van der Waals surface area contributed by atoms with Gasteiger partial charge >= 0.3 is 0 Å². The number of nitrogens with one attached hydrogen (secondary N) is 1. The van der Waals surface area contributed by atoms with E-state index in [0.717, 1.165) is 57.8 Å². The number of nitrogens with zero attached hydrogens (tertiary/aromatic N) is 2. The summed E-state index contributed by atoms with van der Waals surface area (Å²) in [5.41, 5.74) is 0. The zero-order valence-electron chi connectivity index (χ0n) is 14.2. The van der Waals surface area contributed by atoms with Gasteiger partial charge in [0.1, 0.15) is 0 Å². The SMILES string of the molecule is COC(C)OC.O=CN1CCCC(CCC2=NCCN2)CC1. The quantitative estimate of drug-likeness (QED) is 0.598. The summed E-state index contributed by atoms with van der Waals surface area (Å²) in [7, 11) is 3.21. The summed E-state index contributed by atoms with van der Waals surface area (Å²) in [5.74, 6) is 1.96. The maximum absolute atomic E-state index is 10.7. The van der Waals surface area contributed by atoms with Gasteiger partial charge in [0, 0.05) is 40.3 Å². The summed E-state index contributed by atoms with van der Waals surface area (Å²) in [4.78, 5) is 17.0. The lowest BCUT2D eigenvalue weighted by molar-refractivity contribution is -0.118. The monoisotopic (exact) mass is 313 g/mol. The Bertz CT molecular complexity index is 333. The number of methoxy groups -OCH3 is 2. The van der Waals surface area contributed by atoms with Gasteiger partial charge in [-0.15, -0.1) is 0 Å². The van der Waals surface area contributed by atoms with Crippen LogP contribution in [0.2, 0.25) is 0 Å². The van der Waals surface area contributed by atoms with Gasteiger partial charge in [0.05, 0.1) is 12.4 Å². The zero-order chi connectivity index (χ0) is 16.2. The third-order valence-corrected chi connectivity index (χ3v) is 4.23. The van der Waals surface area contributed by atoms with Gasteiger partial charge in [-0.3, -0.25) is 9.79 Å². The normalized spacial score (nSPS) is 21.5. The van der Waals surface area contributed by atoms with E-state index in [2.05, 4.69) is 19.8 Å². The smallest absolute Gasteiger partial charge is 0.209 e. The summed E-state index contributed by atoms with van der Waals surface area (Å²) >= 11 is 0. The molecule has 0 bridgehead atoms. The van der Waals surface area contributed by atoms with Crippen molar-refractivity contribution in [1.82, 2.24) is 10.2 Å². The lowest BCUT2D eigenvalue weighted by Gasteiger charge is -2.15. The Morgan fingerprint density at radius 3 is 2.68 bits per heavy atom. The number of amides is 1. The molecule has 2 heterocycles. The van der Waals surface area contributed by atoms with Crippen LogP contribution in [0.4, 0.5) is 0 Å². The molecule has 0 spiro atoms. The van der Waals surface area contributed by atoms with Gasteiger partial charge in [0.15, 0.2) is 6.29 Å². The molecule has 2 aliphatic heterocycles. The lowest BCUT2D eigenvalue weighted by atomic mass is 9.95. The van der Waals surface area contributed by atoms with E-state index >= 15 is 0 Å². The molecule has 1 N–H and O–H groups in total. The fraction of sp³-hybridized carbons (Fsp3) is 0.875. The minimum atomic E-state index is -0.0648. The molecular formula is C16H31N3O3. The Kier molecular flexibility index (Phi) is 9.82. The van der Waals surface area contributed by atoms with Crippen LogP contribution in [0.1, 0.15) is 39.0 Å². The average Bonchev–Trinajstić information content (AvgIpc) is 2.97. The largest absolute Gasteiger partial charge is 0.372 e. The van der Waals surface area contributed by atoms with E-state index in [0.29, 0.717) is 0 Å². The number of carbonyl (C=O) groups is 1. The standard InChI is InChI=1S/C12H21N3O.C4H10O2/c16-10-15-8-1-2-11(5-9-15)3-4-12-13-6-7-14-12;1-4(5-2)6-3/h10-11H,1-9H2,(H,13,14);4H,1-3H3. The van der Waals surface area contributed by atoms with Crippen molar-refractivity contribution in [2.75, 3.05) is 40.4 Å². The van der Waals surface area contributed by atoms with Crippen molar-refractivity contribution in [1.29, 1.82) is 0 Å². The summed E-state index contributed by atoms with van der Waals surface area (Å²) < 4.78 is 9.35. The Morgan fingerprint density at radius 2 is 2.14 bits per heavy atom. The number of hydrogen-bond acceptors (Lipinski definition) is 5. The maximum atomic E-state index is 10.7. The van der Waals surface area contributed by atoms with Crippen LogP contribution in [0, 0.1) is 5.92 Å². The minimum Gasteiger partial charge on any atom is -0.372 e. The molecule has 0 radical (unpaired) electrons. The lowest BCUT2D eigenvalue weighted by Crippen LogP contribution is -2.23. The van der Waals surface area contributed by atoms with E-state index in [1.807, 2.05) is 11.8 Å². The molecule has 22 heavy (non-hydrogen) atoms. The van der Waals surface area contributed by atoms with E-state index < -0.39 is 0 Å². The number of rotatable bonds is 6. The Hall–Kier alpha value is -1.14. The number of carbonyl (C=O) groups excluding carboxylic acids is 1. The summed E-state index contributed by atoms with van der Waals surface area (Å²) in [6.45, 7) is 5.67. The molecule has 2 rings (SSSR count). The minimum absolute atomic E-state index is 0.0648. The molecule has 0 saturated carbocycles. The maximum Gasteiger partial charge on any atom is 0.209 e. The van der Waals surface area contributed by atoms with Crippen molar-refractivity contribution in [3.8, 4) is 0 Å². The van der Waals surface area contributed by atoms with Gasteiger partial charge < -0.3 is 19.7 Å². The predicted molar refractivity (Wildman–Crippen MR) is 88.0 cm³/mol. The molecule has 1 unspecified atom stereocenters. The predicted octanol–water partition coefficient (Wildman–Crippen LogP) is 1.65. The molecular weight excluding hydrogens is 282 g/mol. The Morgan fingerprint density at radius 1 is 1.36 bits per heavy atom. The first kappa shape index (κ1) is 18.9. The topological polar surface area (TPSA) is 63.2 Å². The first-order valence-corrected chi connectivity index (χ1v) is 8.21. The third-order valence-electron chi connectivity index (χ3n) is 4.23. The fourth-order valence-corrected chi connectivity index (χ4v) is 2.63. The van der Waals surface area contributed by atoms with Gasteiger partial charge in [-0.2, -0.15) is 0 Å². The molecule has 0 aromatic heterocycles. The van der Waals surface area contributed by atoms with Crippen molar-refractivity contribution in [3.05, 3.63) is 0 Å². The first-order chi connectivity index (χ1) is 10.7. The van der Waals surface area contributed by atoms with Crippen molar-refractivity contribution in [2.45, 2.75) is 45.3 Å². The molecule has 1 amide bonds. The highest BCUT2D eigenvalue weighted by Gasteiger charge is 2.16. The van der Waals surface area contributed by atoms with Crippen LogP contribution >= 0.6 is 0 Å². The molecule has 0 aromatic carbocycles. The molecule has 128 valence electrons. The van der Waals surface area contributed by atoms with Gasteiger partial charge in [-0.1, -0.05) is 0 Å². The van der Waals surface area contributed by atoms with Crippen LogP contribution in [-0.2, 0) is 14.3 Å². The second-order valence-electron chi connectivity index (χ2n) is 5.77. The number of ether oxygens (including phenoxy) is 2. The van der Waals surface area contributed by atoms with Gasteiger partial charge in [-0.05, 0) is 38.5 Å². The number of aliphatic imine (C=N–C) groups is 1. The summed E-state index contributed by atoms with van der Waals surface area (Å²) in [5, 5.41) is 3.32. The Labute approximate surface area is 134 Å². The summed E-state index contributed by atoms with van der Waals surface area (Å²) in [6, 6.07) is 0. The second kappa shape index (κ2) is 11.4. The molecule has 6 nitrogen and oxygen atoms in total. The highest BCUT2D eigenvalue weighted by Crippen LogP contribution is 2.21.